The molecule has 4 nitrogen and oxygen atoms in total. The molecule has 0 radical (unpaired) electrons. The molecule has 0 atom stereocenters. The molecule has 0 fully saturated rings. The molecule has 0 unspecified atom stereocenters. The highest BCUT2D eigenvalue weighted by Gasteiger charge is 2.14. The van der Waals surface area contributed by atoms with E-state index in [4.69, 9.17) is 13.9 Å². The van der Waals surface area contributed by atoms with Crippen LogP contribution in [0.5, 0.6) is 11.5 Å². The van der Waals surface area contributed by atoms with Gasteiger partial charge in [0.1, 0.15) is 23.7 Å². The van der Waals surface area contributed by atoms with E-state index in [1.54, 1.807) is 13.2 Å². The molecule has 1 aromatic heterocycles. The van der Waals surface area contributed by atoms with Crippen molar-refractivity contribution in [3.63, 3.8) is 0 Å². The van der Waals surface area contributed by atoms with Gasteiger partial charge in [-0.3, -0.25) is 0 Å². The van der Waals surface area contributed by atoms with Gasteiger partial charge in [-0.1, -0.05) is 48.5 Å². The number of ether oxygens (including phenoxy) is 2. The standard InChI is InChI=1S/C26H22O4/c1-18-23-17-22(29-16-6-9-19-7-4-3-5-8-19)14-15-24(23)30-26(27)25(18)20-10-12-21(28-2)13-11-20/h3-15,17H,16H2,1-2H3/b9-6+. The van der Waals surface area contributed by atoms with Crippen LogP contribution in [0.1, 0.15) is 11.1 Å². The molecular weight excluding hydrogens is 376 g/mol. The Morgan fingerprint density at radius 3 is 2.40 bits per heavy atom. The summed E-state index contributed by atoms with van der Waals surface area (Å²) in [5.41, 5.74) is 3.51. The van der Waals surface area contributed by atoms with Gasteiger partial charge in [0, 0.05) is 5.39 Å². The first-order valence-corrected chi connectivity index (χ1v) is 9.72. The molecule has 0 aliphatic heterocycles. The van der Waals surface area contributed by atoms with Crippen LogP contribution in [-0.4, -0.2) is 13.7 Å². The molecule has 4 aromatic rings. The topological polar surface area (TPSA) is 48.7 Å². The Morgan fingerprint density at radius 2 is 1.67 bits per heavy atom. The fourth-order valence-electron chi connectivity index (χ4n) is 3.40. The molecule has 4 heteroatoms. The van der Waals surface area contributed by atoms with Crippen molar-refractivity contribution in [3.05, 3.63) is 100 Å². The van der Waals surface area contributed by atoms with Crippen LogP contribution >= 0.6 is 0 Å². The minimum atomic E-state index is -0.357. The molecular formula is C26H22O4. The number of hydrogen-bond donors (Lipinski definition) is 0. The van der Waals surface area contributed by atoms with Crippen molar-refractivity contribution in [1.82, 2.24) is 0 Å². The molecule has 150 valence electrons. The molecule has 0 N–H and O–H groups in total. The van der Waals surface area contributed by atoms with E-state index in [1.807, 2.05) is 85.8 Å². The van der Waals surface area contributed by atoms with Gasteiger partial charge in [0.15, 0.2) is 0 Å². The molecule has 0 bridgehead atoms. The third-order valence-electron chi connectivity index (χ3n) is 4.97. The van der Waals surface area contributed by atoms with E-state index in [-0.39, 0.29) is 5.63 Å². The predicted octanol–water partition coefficient (Wildman–Crippen LogP) is 5.87. The lowest BCUT2D eigenvalue weighted by atomic mass is 9.99. The van der Waals surface area contributed by atoms with E-state index in [0.29, 0.717) is 17.8 Å². The van der Waals surface area contributed by atoms with E-state index in [9.17, 15) is 4.79 Å². The Bertz CT molecular complexity index is 1240. The van der Waals surface area contributed by atoms with E-state index < -0.39 is 0 Å². The highest BCUT2D eigenvalue weighted by atomic mass is 16.5. The number of hydrogen-bond acceptors (Lipinski definition) is 4. The number of rotatable bonds is 6. The van der Waals surface area contributed by atoms with Crippen molar-refractivity contribution in [3.8, 4) is 22.6 Å². The van der Waals surface area contributed by atoms with Crippen LogP contribution in [0.3, 0.4) is 0 Å². The second-order valence-electron chi connectivity index (χ2n) is 6.90. The summed E-state index contributed by atoms with van der Waals surface area (Å²) < 4.78 is 16.6. The van der Waals surface area contributed by atoms with Crippen LogP contribution in [0.2, 0.25) is 0 Å². The van der Waals surface area contributed by atoms with E-state index in [0.717, 1.165) is 33.6 Å². The van der Waals surface area contributed by atoms with Gasteiger partial charge in [0.05, 0.1) is 12.7 Å². The van der Waals surface area contributed by atoms with Gasteiger partial charge in [-0.05, 0) is 60.0 Å². The van der Waals surface area contributed by atoms with Crippen LogP contribution in [0.15, 0.2) is 88.1 Å². The molecule has 0 saturated heterocycles. The van der Waals surface area contributed by atoms with Gasteiger partial charge in [0.25, 0.3) is 0 Å². The quantitative estimate of drug-likeness (QED) is 0.381. The SMILES string of the molecule is COc1ccc(-c2c(C)c3cc(OC/C=C/c4ccccc4)ccc3oc2=O)cc1. The Kier molecular flexibility index (Phi) is 5.66. The minimum Gasteiger partial charge on any atom is -0.497 e. The zero-order valence-corrected chi connectivity index (χ0v) is 16.9. The zero-order chi connectivity index (χ0) is 20.9. The van der Waals surface area contributed by atoms with Crippen molar-refractivity contribution in [1.29, 1.82) is 0 Å². The Hall–Kier alpha value is -3.79. The summed E-state index contributed by atoms with van der Waals surface area (Å²) in [5, 5.41) is 0.852. The minimum absolute atomic E-state index is 0.357. The van der Waals surface area contributed by atoms with Gasteiger partial charge in [0.2, 0.25) is 0 Å². The molecule has 0 aliphatic rings. The fraction of sp³-hybridized carbons (Fsp3) is 0.115. The van der Waals surface area contributed by atoms with Crippen LogP contribution < -0.4 is 15.1 Å². The van der Waals surface area contributed by atoms with Crippen molar-refractivity contribution in [2.45, 2.75) is 6.92 Å². The van der Waals surface area contributed by atoms with E-state index in [2.05, 4.69) is 0 Å². The van der Waals surface area contributed by atoms with Crippen molar-refractivity contribution >= 4 is 17.0 Å². The van der Waals surface area contributed by atoms with E-state index >= 15 is 0 Å². The van der Waals surface area contributed by atoms with Gasteiger partial charge in [-0.2, -0.15) is 0 Å². The number of methoxy groups -OCH3 is 1. The zero-order valence-electron chi connectivity index (χ0n) is 16.9. The Labute approximate surface area is 175 Å². The molecule has 4 rings (SSSR count). The second-order valence-corrected chi connectivity index (χ2v) is 6.90. The summed E-state index contributed by atoms with van der Waals surface area (Å²) in [7, 11) is 1.61. The number of benzene rings is 3. The van der Waals surface area contributed by atoms with Crippen molar-refractivity contribution in [2.24, 2.45) is 0 Å². The highest BCUT2D eigenvalue weighted by molar-refractivity contribution is 5.87. The normalized spacial score (nSPS) is 11.1. The van der Waals surface area contributed by atoms with Crippen LogP contribution in [0.4, 0.5) is 0 Å². The summed E-state index contributed by atoms with van der Waals surface area (Å²) >= 11 is 0. The second kappa shape index (κ2) is 8.70. The van der Waals surface area contributed by atoms with Crippen LogP contribution in [0.25, 0.3) is 28.2 Å². The largest absolute Gasteiger partial charge is 0.497 e. The van der Waals surface area contributed by atoms with E-state index in [1.165, 1.54) is 0 Å². The van der Waals surface area contributed by atoms with Gasteiger partial charge in [-0.25, -0.2) is 4.79 Å². The van der Waals surface area contributed by atoms with Crippen LogP contribution in [-0.2, 0) is 0 Å². The average Bonchev–Trinajstić information content (AvgIpc) is 2.78. The predicted molar refractivity (Wildman–Crippen MR) is 120 cm³/mol. The van der Waals surface area contributed by atoms with Crippen LogP contribution in [0, 0.1) is 6.92 Å². The monoisotopic (exact) mass is 398 g/mol. The van der Waals surface area contributed by atoms with Gasteiger partial charge >= 0.3 is 5.63 Å². The molecule has 0 spiro atoms. The first-order chi connectivity index (χ1) is 14.7. The lowest BCUT2D eigenvalue weighted by Crippen LogP contribution is -2.06. The maximum Gasteiger partial charge on any atom is 0.344 e. The third kappa shape index (κ3) is 4.13. The van der Waals surface area contributed by atoms with Gasteiger partial charge in [-0.15, -0.1) is 0 Å². The molecule has 3 aromatic carbocycles. The Balaban J connectivity index is 1.61. The molecule has 1 heterocycles. The molecule has 30 heavy (non-hydrogen) atoms. The molecule has 0 saturated carbocycles. The maximum atomic E-state index is 12.6. The molecule has 0 aliphatic carbocycles. The fourth-order valence-corrected chi connectivity index (χ4v) is 3.40. The lowest BCUT2D eigenvalue weighted by molar-refractivity contribution is 0.364. The van der Waals surface area contributed by atoms with Crippen molar-refractivity contribution < 1.29 is 13.9 Å². The Morgan fingerprint density at radius 1 is 0.933 bits per heavy atom. The summed E-state index contributed by atoms with van der Waals surface area (Å²) in [5.74, 6) is 1.46. The lowest BCUT2D eigenvalue weighted by Gasteiger charge is -2.10. The third-order valence-corrected chi connectivity index (χ3v) is 4.97. The smallest absolute Gasteiger partial charge is 0.344 e. The number of fused-ring (bicyclic) bond motifs is 1. The van der Waals surface area contributed by atoms with Crippen molar-refractivity contribution in [2.75, 3.05) is 13.7 Å². The summed E-state index contributed by atoms with van der Waals surface area (Å²) in [4.78, 5) is 12.6. The summed E-state index contributed by atoms with van der Waals surface area (Å²) in [6.07, 6.45) is 3.99. The maximum absolute atomic E-state index is 12.6. The highest BCUT2D eigenvalue weighted by Crippen LogP contribution is 2.30. The first kappa shape index (κ1) is 19.5. The molecule has 0 amide bonds. The number of aryl methyl sites for hydroxylation is 1. The average molecular weight is 398 g/mol. The summed E-state index contributed by atoms with van der Waals surface area (Å²) in [6, 6.07) is 23.0. The summed E-state index contributed by atoms with van der Waals surface area (Å²) in [6.45, 7) is 2.37. The first-order valence-electron chi connectivity index (χ1n) is 9.72. The van der Waals surface area contributed by atoms with Gasteiger partial charge < -0.3 is 13.9 Å².